The molecule has 7 nitrogen and oxygen atoms in total. The molecule has 4 aromatic rings. The number of aromatic nitrogens is 5. The van der Waals surface area contributed by atoms with E-state index in [0.717, 1.165) is 22.2 Å². The number of hydrogen-bond acceptors (Lipinski definition) is 7. The Kier molecular flexibility index (Phi) is 4.65. The third kappa shape index (κ3) is 3.45. The standard InChI is InChI=1S/C18H15N5O2S/c1-24-15-9-7-13(8-10-15)17-20-16(25-22-17)11-26-18-21-19-12-23(18)14-5-3-2-4-6-14/h2-10,12H,11H2,1H3. The van der Waals surface area contributed by atoms with Crippen LogP contribution in [0.15, 0.2) is 70.6 Å². The van der Waals surface area contributed by atoms with Crippen LogP contribution in [-0.4, -0.2) is 32.0 Å². The number of rotatable bonds is 6. The number of para-hydroxylation sites is 1. The van der Waals surface area contributed by atoms with Crippen LogP contribution in [0.3, 0.4) is 0 Å². The van der Waals surface area contributed by atoms with Crippen molar-refractivity contribution in [2.75, 3.05) is 7.11 Å². The Morgan fingerprint density at radius 3 is 2.65 bits per heavy atom. The van der Waals surface area contributed by atoms with Gasteiger partial charge < -0.3 is 9.26 Å². The summed E-state index contributed by atoms with van der Waals surface area (Å²) in [6.07, 6.45) is 1.69. The fraction of sp³-hybridized carbons (Fsp3) is 0.111. The first-order chi connectivity index (χ1) is 12.8. The van der Waals surface area contributed by atoms with Crippen molar-refractivity contribution in [3.05, 3.63) is 66.8 Å². The summed E-state index contributed by atoms with van der Waals surface area (Å²) in [5.74, 6) is 2.37. The summed E-state index contributed by atoms with van der Waals surface area (Å²) < 4.78 is 12.4. The van der Waals surface area contributed by atoms with Crippen molar-refractivity contribution in [2.45, 2.75) is 10.9 Å². The molecule has 8 heteroatoms. The number of ether oxygens (including phenoxy) is 1. The van der Waals surface area contributed by atoms with Crippen LogP contribution in [0.4, 0.5) is 0 Å². The van der Waals surface area contributed by atoms with Crippen LogP contribution in [0.1, 0.15) is 5.89 Å². The topological polar surface area (TPSA) is 78.9 Å². The van der Waals surface area contributed by atoms with Gasteiger partial charge in [0.25, 0.3) is 0 Å². The molecule has 0 saturated heterocycles. The van der Waals surface area contributed by atoms with Gasteiger partial charge in [0.05, 0.1) is 12.9 Å². The normalized spacial score (nSPS) is 10.8. The first-order valence-corrected chi connectivity index (χ1v) is 8.87. The zero-order chi connectivity index (χ0) is 17.8. The maximum Gasteiger partial charge on any atom is 0.237 e. The van der Waals surface area contributed by atoms with E-state index in [4.69, 9.17) is 9.26 Å². The molecule has 0 atom stereocenters. The van der Waals surface area contributed by atoms with Crippen molar-refractivity contribution in [3.63, 3.8) is 0 Å². The molecule has 0 saturated carbocycles. The Morgan fingerprint density at radius 1 is 1.08 bits per heavy atom. The number of methoxy groups -OCH3 is 1. The summed E-state index contributed by atoms with van der Waals surface area (Å²) in [5, 5.41) is 13.0. The Balaban J connectivity index is 1.46. The fourth-order valence-corrected chi connectivity index (χ4v) is 3.15. The number of thioether (sulfide) groups is 1. The predicted octanol–water partition coefficient (Wildman–Crippen LogP) is 3.62. The van der Waals surface area contributed by atoms with Gasteiger partial charge in [0.1, 0.15) is 12.1 Å². The minimum Gasteiger partial charge on any atom is -0.497 e. The van der Waals surface area contributed by atoms with Gasteiger partial charge in [-0.2, -0.15) is 4.98 Å². The van der Waals surface area contributed by atoms with Gasteiger partial charge in [-0.25, -0.2) is 0 Å². The minimum atomic E-state index is 0.509. The van der Waals surface area contributed by atoms with E-state index in [0.29, 0.717) is 17.5 Å². The Labute approximate surface area is 154 Å². The average molecular weight is 365 g/mol. The smallest absolute Gasteiger partial charge is 0.237 e. The third-order valence-electron chi connectivity index (χ3n) is 3.69. The largest absolute Gasteiger partial charge is 0.497 e. The van der Waals surface area contributed by atoms with E-state index >= 15 is 0 Å². The highest BCUT2D eigenvalue weighted by Crippen LogP contribution is 2.25. The van der Waals surface area contributed by atoms with Gasteiger partial charge in [-0.1, -0.05) is 35.1 Å². The van der Waals surface area contributed by atoms with Crippen LogP contribution in [0.2, 0.25) is 0 Å². The van der Waals surface area contributed by atoms with Gasteiger partial charge in [0.15, 0.2) is 5.16 Å². The molecule has 0 bridgehead atoms. The lowest BCUT2D eigenvalue weighted by molar-refractivity contribution is 0.391. The van der Waals surface area contributed by atoms with Gasteiger partial charge in [0.2, 0.25) is 11.7 Å². The highest BCUT2D eigenvalue weighted by atomic mass is 32.2. The second kappa shape index (κ2) is 7.40. The van der Waals surface area contributed by atoms with Crippen LogP contribution in [-0.2, 0) is 5.75 Å². The van der Waals surface area contributed by atoms with Gasteiger partial charge in [-0.05, 0) is 36.4 Å². The van der Waals surface area contributed by atoms with Gasteiger partial charge in [0, 0.05) is 11.3 Å². The maximum atomic E-state index is 5.35. The molecule has 2 heterocycles. The van der Waals surface area contributed by atoms with Crippen molar-refractivity contribution >= 4 is 11.8 Å². The van der Waals surface area contributed by atoms with Gasteiger partial charge in [-0.3, -0.25) is 4.57 Å². The minimum absolute atomic E-state index is 0.509. The first-order valence-electron chi connectivity index (χ1n) is 7.89. The van der Waals surface area contributed by atoms with Crippen LogP contribution in [0.25, 0.3) is 17.1 Å². The summed E-state index contributed by atoms with van der Waals surface area (Å²) in [6.45, 7) is 0. The van der Waals surface area contributed by atoms with E-state index in [1.54, 1.807) is 13.4 Å². The fourth-order valence-electron chi connectivity index (χ4n) is 2.39. The summed E-state index contributed by atoms with van der Waals surface area (Å²) in [4.78, 5) is 4.44. The molecule has 0 fully saturated rings. The monoisotopic (exact) mass is 365 g/mol. The number of hydrogen-bond donors (Lipinski definition) is 0. The zero-order valence-corrected chi connectivity index (χ0v) is 14.8. The lowest BCUT2D eigenvalue weighted by atomic mass is 10.2. The van der Waals surface area contributed by atoms with Crippen LogP contribution in [0.5, 0.6) is 5.75 Å². The number of benzene rings is 2. The lowest BCUT2D eigenvalue weighted by Gasteiger charge is -2.04. The molecule has 0 amide bonds. The average Bonchev–Trinajstić information content (AvgIpc) is 3.36. The van der Waals surface area contributed by atoms with Crippen molar-refractivity contribution < 1.29 is 9.26 Å². The Morgan fingerprint density at radius 2 is 1.88 bits per heavy atom. The molecule has 4 rings (SSSR count). The third-order valence-corrected chi connectivity index (χ3v) is 4.62. The van der Waals surface area contributed by atoms with E-state index in [2.05, 4.69) is 20.3 Å². The SMILES string of the molecule is COc1ccc(-c2noc(CSc3nncn3-c3ccccc3)n2)cc1. The van der Waals surface area contributed by atoms with Crippen molar-refractivity contribution in [1.29, 1.82) is 0 Å². The zero-order valence-electron chi connectivity index (χ0n) is 13.9. The molecular weight excluding hydrogens is 350 g/mol. The van der Waals surface area contributed by atoms with E-state index in [1.165, 1.54) is 11.8 Å². The molecule has 0 spiro atoms. The van der Waals surface area contributed by atoms with Crippen molar-refractivity contribution in [1.82, 2.24) is 24.9 Å². The summed E-state index contributed by atoms with van der Waals surface area (Å²) >= 11 is 1.49. The van der Waals surface area contributed by atoms with E-state index < -0.39 is 0 Å². The second-order valence-corrected chi connectivity index (χ2v) is 6.29. The van der Waals surface area contributed by atoms with E-state index in [-0.39, 0.29) is 0 Å². The molecule has 26 heavy (non-hydrogen) atoms. The molecule has 0 aliphatic carbocycles. The van der Waals surface area contributed by atoms with Crippen LogP contribution >= 0.6 is 11.8 Å². The Hall–Kier alpha value is -3.13. The molecule has 130 valence electrons. The molecular formula is C18H15N5O2S. The molecule has 2 aromatic carbocycles. The van der Waals surface area contributed by atoms with E-state index in [1.807, 2.05) is 59.2 Å². The van der Waals surface area contributed by atoms with Gasteiger partial charge >= 0.3 is 0 Å². The summed E-state index contributed by atoms with van der Waals surface area (Å²) in [7, 11) is 1.63. The maximum absolute atomic E-state index is 5.35. The molecule has 0 N–H and O–H groups in total. The quantitative estimate of drug-likeness (QED) is 0.483. The lowest BCUT2D eigenvalue weighted by Crippen LogP contribution is -1.95. The second-order valence-electron chi connectivity index (χ2n) is 5.35. The summed E-state index contributed by atoms with van der Waals surface area (Å²) in [5.41, 5.74) is 1.88. The Bertz CT molecular complexity index is 982. The highest BCUT2D eigenvalue weighted by Gasteiger charge is 2.12. The van der Waals surface area contributed by atoms with Crippen molar-refractivity contribution in [2.24, 2.45) is 0 Å². The molecule has 0 unspecified atom stereocenters. The predicted molar refractivity (Wildman–Crippen MR) is 97.2 cm³/mol. The molecule has 0 aliphatic rings. The summed E-state index contributed by atoms with van der Waals surface area (Å²) in [6, 6.07) is 17.4. The van der Waals surface area contributed by atoms with Crippen LogP contribution in [0, 0.1) is 0 Å². The molecule has 2 aromatic heterocycles. The highest BCUT2D eigenvalue weighted by molar-refractivity contribution is 7.98. The van der Waals surface area contributed by atoms with Crippen molar-refractivity contribution in [3.8, 4) is 22.8 Å². The van der Waals surface area contributed by atoms with Crippen LogP contribution < -0.4 is 4.74 Å². The number of nitrogens with zero attached hydrogens (tertiary/aromatic N) is 5. The molecule has 0 radical (unpaired) electrons. The van der Waals surface area contributed by atoms with Gasteiger partial charge in [-0.15, -0.1) is 10.2 Å². The first kappa shape index (κ1) is 16.3. The van der Waals surface area contributed by atoms with E-state index in [9.17, 15) is 0 Å². The molecule has 0 aliphatic heterocycles.